The normalized spacial score (nSPS) is 10.5. The molecule has 1 aromatic rings. The maximum absolute atomic E-state index is 11.8. The Labute approximate surface area is 114 Å². The van der Waals surface area contributed by atoms with Crippen molar-refractivity contribution in [2.24, 2.45) is 0 Å². The van der Waals surface area contributed by atoms with Gasteiger partial charge in [0.2, 0.25) is 5.75 Å². The van der Waals surface area contributed by atoms with Crippen LogP contribution in [0, 0.1) is 0 Å². The molecule has 19 heavy (non-hydrogen) atoms. The summed E-state index contributed by atoms with van der Waals surface area (Å²) in [7, 11) is 3.14. The molecule has 0 saturated heterocycles. The number of Topliss-reactive ketones (excluding diaryl/α,β-unsaturated/α-hetero) is 1. The minimum absolute atomic E-state index is 0.0497. The fourth-order valence-electron chi connectivity index (χ4n) is 2.02. The summed E-state index contributed by atoms with van der Waals surface area (Å²) in [5.41, 5.74) is 1.47. The van der Waals surface area contributed by atoms with Gasteiger partial charge in [0.25, 0.3) is 0 Å². The van der Waals surface area contributed by atoms with Crippen molar-refractivity contribution in [2.75, 3.05) is 20.8 Å². The smallest absolute Gasteiger partial charge is 0.204 e. The Bertz CT molecular complexity index is 464. The van der Waals surface area contributed by atoms with Crippen LogP contribution in [0.25, 0.3) is 0 Å². The molecule has 0 unspecified atom stereocenters. The molecule has 0 heterocycles. The highest BCUT2D eigenvalue weighted by molar-refractivity contribution is 5.98. The van der Waals surface area contributed by atoms with Crippen molar-refractivity contribution in [3.8, 4) is 17.2 Å². The number of carbonyl (C=O) groups is 1. The Kier molecular flexibility index (Phi) is 5.21. The molecule has 0 N–H and O–H groups in total. The Morgan fingerprint density at radius 3 is 2.11 bits per heavy atom. The van der Waals surface area contributed by atoms with E-state index in [2.05, 4.69) is 0 Å². The number of carbonyl (C=O) groups excluding carboxylic acids is 1. The highest BCUT2D eigenvalue weighted by Gasteiger charge is 2.24. The van der Waals surface area contributed by atoms with Crippen molar-refractivity contribution in [1.29, 1.82) is 0 Å². The average molecular weight is 266 g/mol. The van der Waals surface area contributed by atoms with Gasteiger partial charge in [-0.2, -0.15) is 0 Å². The van der Waals surface area contributed by atoms with Crippen molar-refractivity contribution < 1.29 is 19.0 Å². The van der Waals surface area contributed by atoms with Crippen molar-refractivity contribution in [1.82, 2.24) is 0 Å². The maximum atomic E-state index is 11.8. The number of ketones is 1. The molecular formula is C15H22O4. The summed E-state index contributed by atoms with van der Waals surface area (Å²) in [5.74, 6) is 1.74. The summed E-state index contributed by atoms with van der Waals surface area (Å²) in [4.78, 5) is 11.8. The van der Waals surface area contributed by atoms with Gasteiger partial charge < -0.3 is 14.2 Å². The van der Waals surface area contributed by atoms with Gasteiger partial charge in [0.15, 0.2) is 17.3 Å². The van der Waals surface area contributed by atoms with E-state index < -0.39 is 0 Å². The van der Waals surface area contributed by atoms with Crippen LogP contribution in [-0.4, -0.2) is 26.6 Å². The van der Waals surface area contributed by atoms with Crippen LogP contribution >= 0.6 is 0 Å². The molecule has 1 rings (SSSR count). The third-order valence-corrected chi connectivity index (χ3v) is 2.92. The minimum atomic E-state index is -0.0497. The summed E-state index contributed by atoms with van der Waals surface area (Å²) in [6.07, 6.45) is 0. The van der Waals surface area contributed by atoms with Gasteiger partial charge in [-0.25, -0.2) is 0 Å². The highest BCUT2D eigenvalue weighted by atomic mass is 16.5. The number of benzene rings is 1. The van der Waals surface area contributed by atoms with Gasteiger partial charge in [-0.3, -0.25) is 4.79 Å². The lowest BCUT2D eigenvalue weighted by Crippen LogP contribution is -2.07. The second kappa shape index (κ2) is 6.45. The number of ether oxygens (including phenoxy) is 3. The minimum Gasteiger partial charge on any atom is -0.492 e. The van der Waals surface area contributed by atoms with Gasteiger partial charge in [0.05, 0.1) is 26.4 Å². The molecule has 0 aliphatic rings. The Hall–Kier alpha value is -1.71. The molecule has 0 fully saturated rings. The molecule has 0 spiro atoms. The first-order valence-corrected chi connectivity index (χ1v) is 6.40. The fourth-order valence-corrected chi connectivity index (χ4v) is 2.02. The Morgan fingerprint density at radius 1 is 1.16 bits per heavy atom. The molecule has 0 aliphatic heterocycles. The predicted molar refractivity (Wildman–Crippen MR) is 74.8 cm³/mol. The first-order valence-electron chi connectivity index (χ1n) is 6.40. The van der Waals surface area contributed by atoms with Crippen molar-refractivity contribution in [2.45, 2.75) is 33.6 Å². The summed E-state index contributed by atoms with van der Waals surface area (Å²) >= 11 is 0. The molecule has 0 amide bonds. The number of hydrogen-bond acceptors (Lipinski definition) is 4. The van der Waals surface area contributed by atoms with Gasteiger partial charge in [-0.1, -0.05) is 13.8 Å². The average Bonchev–Trinajstić information content (AvgIpc) is 2.37. The van der Waals surface area contributed by atoms with Crippen molar-refractivity contribution in [3.63, 3.8) is 0 Å². The van der Waals surface area contributed by atoms with E-state index in [1.54, 1.807) is 14.2 Å². The van der Waals surface area contributed by atoms with Crippen molar-refractivity contribution >= 4 is 5.78 Å². The lowest BCUT2D eigenvalue weighted by atomic mass is 9.96. The van der Waals surface area contributed by atoms with Crippen molar-refractivity contribution in [3.05, 3.63) is 17.2 Å². The zero-order valence-corrected chi connectivity index (χ0v) is 12.5. The second-order valence-electron chi connectivity index (χ2n) is 4.55. The zero-order valence-electron chi connectivity index (χ0n) is 12.5. The molecule has 4 heteroatoms. The molecule has 0 aliphatic carbocycles. The lowest BCUT2D eigenvalue weighted by molar-refractivity contribution is 0.101. The van der Waals surface area contributed by atoms with Gasteiger partial charge >= 0.3 is 0 Å². The second-order valence-corrected chi connectivity index (χ2v) is 4.55. The molecule has 0 aromatic heterocycles. The van der Waals surface area contributed by atoms with Crippen LogP contribution < -0.4 is 14.2 Å². The van der Waals surface area contributed by atoms with E-state index >= 15 is 0 Å². The van der Waals surface area contributed by atoms with Crippen LogP contribution in [-0.2, 0) is 0 Å². The third-order valence-electron chi connectivity index (χ3n) is 2.92. The largest absolute Gasteiger partial charge is 0.492 e. The molecular weight excluding hydrogens is 244 g/mol. The topological polar surface area (TPSA) is 44.8 Å². The molecule has 0 atom stereocenters. The van der Waals surface area contributed by atoms with E-state index in [1.165, 1.54) is 6.92 Å². The third kappa shape index (κ3) is 3.00. The van der Waals surface area contributed by atoms with Gasteiger partial charge in [-0.05, 0) is 25.8 Å². The van der Waals surface area contributed by atoms with Gasteiger partial charge in [-0.15, -0.1) is 0 Å². The first-order chi connectivity index (χ1) is 8.97. The molecule has 4 nitrogen and oxygen atoms in total. The Balaban J connectivity index is 3.64. The zero-order chi connectivity index (χ0) is 14.6. The fraction of sp³-hybridized carbons (Fsp3) is 0.533. The number of hydrogen-bond donors (Lipinski definition) is 0. The van der Waals surface area contributed by atoms with E-state index in [4.69, 9.17) is 14.2 Å². The molecule has 106 valence electrons. The maximum Gasteiger partial charge on any atom is 0.204 e. The van der Waals surface area contributed by atoms with Crippen LogP contribution in [0.15, 0.2) is 6.07 Å². The summed E-state index contributed by atoms with van der Waals surface area (Å²) < 4.78 is 16.4. The monoisotopic (exact) mass is 266 g/mol. The van der Waals surface area contributed by atoms with E-state index in [0.29, 0.717) is 29.4 Å². The lowest BCUT2D eigenvalue weighted by Gasteiger charge is -2.20. The SMILES string of the molecule is CCOc1c(C(C)=O)cc(C(C)C)c(OC)c1OC. The summed E-state index contributed by atoms with van der Waals surface area (Å²) in [5, 5.41) is 0. The van der Waals surface area contributed by atoms with Crippen LogP contribution in [0.1, 0.15) is 49.5 Å². The van der Waals surface area contributed by atoms with E-state index in [9.17, 15) is 4.79 Å². The molecule has 0 bridgehead atoms. The van der Waals surface area contributed by atoms with E-state index in [0.717, 1.165) is 5.56 Å². The number of methoxy groups -OCH3 is 2. The van der Waals surface area contributed by atoms with Crippen LogP contribution in [0.2, 0.25) is 0 Å². The van der Waals surface area contributed by atoms with Gasteiger partial charge in [0.1, 0.15) is 0 Å². The van der Waals surface area contributed by atoms with E-state index in [1.807, 2.05) is 26.8 Å². The summed E-state index contributed by atoms with van der Waals surface area (Å²) in [6.45, 7) is 7.93. The van der Waals surface area contributed by atoms with Crippen LogP contribution in [0.3, 0.4) is 0 Å². The van der Waals surface area contributed by atoms with Gasteiger partial charge in [0, 0.05) is 5.56 Å². The Morgan fingerprint density at radius 2 is 1.74 bits per heavy atom. The summed E-state index contributed by atoms with van der Waals surface area (Å²) in [6, 6.07) is 1.83. The molecule has 0 saturated carbocycles. The number of rotatable bonds is 6. The molecule has 0 radical (unpaired) electrons. The standard InChI is InChI=1S/C15H22O4/c1-7-19-14-12(10(4)16)8-11(9(2)3)13(17-5)15(14)18-6/h8-9H,7H2,1-6H3. The van der Waals surface area contributed by atoms with E-state index in [-0.39, 0.29) is 11.7 Å². The first kappa shape index (κ1) is 15.3. The van der Waals surface area contributed by atoms with Crippen LogP contribution in [0.4, 0.5) is 0 Å². The molecule has 1 aromatic carbocycles. The highest BCUT2D eigenvalue weighted by Crippen LogP contribution is 2.45. The van der Waals surface area contributed by atoms with Crippen LogP contribution in [0.5, 0.6) is 17.2 Å². The quantitative estimate of drug-likeness (QED) is 0.740. The predicted octanol–water partition coefficient (Wildman–Crippen LogP) is 3.43.